The standard InChI is InChI=1S/C20H20OSi.H2O/c1-3-22(4-2,20-14-16-10-6-8-12-18(16)20)21-19-13-15-9-5-7-11-17(15)19;/h3-12,19-20H,1-2,13-14H2;1H2. The smallest absolute Gasteiger partial charge is 0.248 e. The fourth-order valence-corrected chi connectivity index (χ4v) is 6.87. The summed E-state index contributed by atoms with van der Waals surface area (Å²) in [5.41, 5.74) is 10.2. The van der Waals surface area contributed by atoms with Gasteiger partial charge in [0.2, 0.25) is 8.32 Å². The molecule has 0 amide bonds. The second-order valence-corrected chi connectivity index (χ2v) is 9.68. The van der Waals surface area contributed by atoms with Gasteiger partial charge in [0.15, 0.2) is 0 Å². The molecule has 0 aliphatic heterocycles. The Balaban J connectivity index is 0.00000156. The molecule has 3 heteroatoms. The molecule has 2 aliphatic rings. The number of hydrogen-bond donors (Lipinski definition) is 0. The largest absolute Gasteiger partial charge is 0.412 e. The van der Waals surface area contributed by atoms with Crippen molar-refractivity contribution >= 4 is 8.32 Å². The van der Waals surface area contributed by atoms with Crippen LogP contribution in [0.2, 0.25) is 0 Å². The molecule has 23 heavy (non-hydrogen) atoms. The van der Waals surface area contributed by atoms with Gasteiger partial charge in [-0.1, -0.05) is 59.9 Å². The van der Waals surface area contributed by atoms with Crippen LogP contribution in [0, 0.1) is 0 Å². The van der Waals surface area contributed by atoms with Gasteiger partial charge in [0.1, 0.15) is 0 Å². The monoisotopic (exact) mass is 322 g/mol. The van der Waals surface area contributed by atoms with Crippen molar-refractivity contribution < 1.29 is 9.90 Å². The van der Waals surface area contributed by atoms with E-state index in [9.17, 15) is 0 Å². The van der Waals surface area contributed by atoms with Crippen molar-refractivity contribution in [1.29, 1.82) is 0 Å². The predicted octanol–water partition coefficient (Wildman–Crippen LogP) is 3.75. The Hall–Kier alpha value is -1.94. The maximum absolute atomic E-state index is 6.66. The van der Waals surface area contributed by atoms with Crippen molar-refractivity contribution in [2.75, 3.05) is 0 Å². The van der Waals surface area contributed by atoms with Crippen LogP contribution in [0.15, 0.2) is 73.1 Å². The van der Waals surface area contributed by atoms with E-state index in [-0.39, 0.29) is 11.6 Å². The van der Waals surface area contributed by atoms with Crippen molar-refractivity contribution in [3.05, 3.63) is 95.3 Å². The Morgan fingerprint density at radius 2 is 1.43 bits per heavy atom. The molecule has 0 spiro atoms. The summed E-state index contributed by atoms with van der Waals surface area (Å²) in [7, 11) is -2.18. The summed E-state index contributed by atoms with van der Waals surface area (Å²) in [6, 6.07) is 17.3. The first kappa shape index (κ1) is 15.9. The van der Waals surface area contributed by atoms with Crippen LogP contribution in [0.25, 0.3) is 0 Å². The molecule has 2 atom stereocenters. The van der Waals surface area contributed by atoms with E-state index in [0.29, 0.717) is 5.54 Å². The minimum Gasteiger partial charge on any atom is -0.412 e. The van der Waals surface area contributed by atoms with Crippen LogP contribution < -0.4 is 0 Å². The van der Waals surface area contributed by atoms with Crippen LogP contribution in [0.3, 0.4) is 0 Å². The molecule has 2 aliphatic carbocycles. The predicted molar refractivity (Wildman–Crippen MR) is 96.6 cm³/mol. The van der Waals surface area contributed by atoms with Gasteiger partial charge in [-0.05, 0) is 28.7 Å². The van der Waals surface area contributed by atoms with Gasteiger partial charge in [-0.15, -0.1) is 13.2 Å². The highest BCUT2D eigenvalue weighted by atomic mass is 28.4. The van der Waals surface area contributed by atoms with Crippen LogP contribution in [0.1, 0.15) is 33.9 Å². The highest BCUT2D eigenvalue weighted by Gasteiger charge is 2.47. The lowest BCUT2D eigenvalue weighted by Crippen LogP contribution is -2.49. The molecule has 0 fully saturated rings. The molecule has 0 saturated heterocycles. The lowest BCUT2D eigenvalue weighted by Gasteiger charge is -2.45. The Morgan fingerprint density at radius 3 is 2.00 bits per heavy atom. The van der Waals surface area contributed by atoms with E-state index >= 15 is 0 Å². The first-order valence-corrected chi connectivity index (χ1v) is 10.0. The van der Waals surface area contributed by atoms with E-state index in [1.54, 1.807) is 0 Å². The third-order valence-corrected chi connectivity index (χ3v) is 8.76. The fraction of sp³-hybridized carbons (Fsp3) is 0.200. The molecule has 0 radical (unpaired) electrons. The van der Waals surface area contributed by atoms with Crippen LogP contribution in [-0.4, -0.2) is 13.8 Å². The van der Waals surface area contributed by atoms with Crippen molar-refractivity contribution in [2.24, 2.45) is 0 Å². The van der Waals surface area contributed by atoms with Gasteiger partial charge in [0, 0.05) is 12.0 Å². The Bertz CT molecular complexity index is 745. The molecule has 4 rings (SSSR count). The summed E-state index contributed by atoms with van der Waals surface area (Å²) < 4.78 is 6.66. The maximum atomic E-state index is 6.66. The molecular weight excluding hydrogens is 300 g/mol. The molecule has 2 N–H and O–H groups in total. The van der Waals surface area contributed by atoms with Gasteiger partial charge in [-0.3, -0.25) is 0 Å². The summed E-state index contributed by atoms with van der Waals surface area (Å²) in [4.78, 5) is 0. The molecule has 0 heterocycles. The third-order valence-electron chi connectivity index (χ3n) is 5.19. The molecule has 2 nitrogen and oxygen atoms in total. The van der Waals surface area contributed by atoms with Gasteiger partial charge in [0.05, 0.1) is 6.10 Å². The zero-order valence-electron chi connectivity index (χ0n) is 13.2. The number of fused-ring (bicyclic) bond motifs is 2. The van der Waals surface area contributed by atoms with Crippen LogP contribution >= 0.6 is 0 Å². The fourth-order valence-electron chi connectivity index (χ4n) is 3.77. The minimum absolute atomic E-state index is 0. The summed E-state index contributed by atoms with van der Waals surface area (Å²) in [5, 5.41) is 0. The molecule has 2 aromatic rings. The lowest BCUT2D eigenvalue weighted by molar-refractivity contribution is 0.170. The molecule has 0 aromatic heterocycles. The zero-order valence-corrected chi connectivity index (χ0v) is 14.2. The third kappa shape index (κ3) is 2.32. The second kappa shape index (κ2) is 5.93. The number of rotatable bonds is 5. The van der Waals surface area contributed by atoms with Crippen molar-refractivity contribution in [1.82, 2.24) is 0 Å². The zero-order chi connectivity index (χ0) is 15.2. The quantitative estimate of drug-likeness (QED) is 0.773. The lowest BCUT2D eigenvalue weighted by atomic mass is 9.86. The van der Waals surface area contributed by atoms with Crippen molar-refractivity contribution in [2.45, 2.75) is 24.5 Å². The SMILES string of the molecule is C=C[Si](C=C)(OC1Cc2ccccc21)C1Cc2ccccc21.O. The van der Waals surface area contributed by atoms with Gasteiger partial charge in [0.25, 0.3) is 0 Å². The molecule has 2 unspecified atom stereocenters. The second-order valence-electron chi connectivity index (χ2n) is 6.23. The Morgan fingerprint density at radius 1 is 0.870 bits per heavy atom. The highest BCUT2D eigenvalue weighted by molar-refractivity contribution is 6.84. The normalized spacial score (nSPS) is 20.9. The highest BCUT2D eigenvalue weighted by Crippen LogP contribution is 2.47. The number of hydrogen-bond acceptors (Lipinski definition) is 1. The van der Waals surface area contributed by atoms with E-state index in [1.807, 2.05) is 0 Å². The van der Waals surface area contributed by atoms with Crippen LogP contribution in [-0.2, 0) is 17.3 Å². The Labute approximate surface area is 138 Å². The number of benzene rings is 2. The topological polar surface area (TPSA) is 40.7 Å². The summed E-state index contributed by atoms with van der Waals surface area (Å²) >= 11 is 0. The molecule has 118 valence electrons. The van der Waals surface area contributed by atoms with E-state index in [4.69, 9.17) is 4.43 Å². The first-order chi connectivity index (χ1) is 10.8. The minimum atomic E-state index is -2.18. The van der Waals surface area contributed by atoms with E-state index < -0.39 is 8.32 Å². The average molecular weight is 322 g/mol. The van der Waals surface area contributed by atoms with Gasteiger partial charge in [-0.2, -0.15) is 0 Å². The van der Waals surface area contributed by atoms with Gasteiger partial charge >= 0.3 is 0 Å². The van der Waals surface area contributed by atoms with E-state index in [0.717, 1.165) is 12.8 Å². The van der Waals surface area contributed by atoms with Crippen LogP contribution in [0.5, 0.6) is 0 Å². The average Bonchev–Trinajstić information content (AvgIpc) is 2.52. The van der Waals surface area contributed by atoms with Crippen molar-refractivity contribution in [3.63, 3.8) is 0 Å². The van der Waals surface area contributed by atoms with Gasteiger partial charge in [-0.25, -0.2) is 0 Å². The summed E-state index contributed by atoms with van der Waals surface area (Å²) in [6.07, 6.45) is 2.32. The Kier molecular flexibility index (Phi) is 4.11. The molecule has 0 saturated carbocycles. The first-order valence-electron chi connectivity index (χ1n) is 7.88. The maximum Gasteiger partial charge on any atom is 0.248 e. The molecule has 0 bridgehead atoms. The van der Waals surface area contributed by atoms with E-state index in [2.05, 4.69) is 73.1 Å². The molecular formula is C20H22O2Si. The van der Waals surface area contributed by atoms with Crippen LogP contribution in [0.4, 0.5) is 0 Å². The van der Waals surface area contributed by atoms with Gasteiger partial charge < -0.3 is 9.90 Å². The van der Waals surface area contributed by atoms with E-state index in [1.165, 1.54) is 22.3 Å². The molecule has 2 aromatic carbocycles. The summed E-state index contributed by atoms with van der Waals surface area (Å²) in [6.45, 7) is 8.23. The van der Waals surface area contributed by atoms with Crippen molar-refractivity contribution in [3.8, 4) is 0 Å². The summed E-state index contributed by atoms with van der Waals surface area (Å²) in [5.74, 6) is 0.